The van der Waals surface area contributed by atoms with Crippen LogP contribution in [0.25, 0.3) is 0 Å². The number of thioether (sulfide) groups is 1. The molecule has 1 aromatic rings. The highest BCUT2D eigenvalue weighted by molar-refractivity contribution is 7.99. The first-order valence-corrected chi connectivity index (χ1v) is 8.62. The van der Waals surface area contributed by atoms with Gasteiger partial charge in [-0.2, -0.15) is 0 Å². The summed E-state index contributed by atoms with van der Waals surface area (Å²) >= 11 is 1.82. The van der Waals surface area contributed by atoms with Crippen molar-refractivity contribution >= 4 is 11.8 Å². The first-order valence-electron chi connectivity index (χ1n) is 7.63. The minimum Gasteiger partial charge on any atom is -0.486 e. The number of aliphatic hydroxyl groups is 1. The maximum absolute atomic E-state index is 9.48. The van der Waals surface area contributed by atoms with Crippen LogP contribution >= 0.6 is 11.8 Å². The van der Waals surface area contributed by atoms with Gasteiger partial charge in [-0.25, -0.2) is 0 Å². The first kappa shape index (κ1) is 15.0. The molecular formula is C16H23NO3S. The van der Waals surface area contributed by atoms with E-state index < -0.39 is 0 Å². The minimum atomic E-state index is -0.354. The molecule has 0 aromatic heterocycles. The smallest absolute Gasteiger partial charge is 0.162 e. The molecule has 3 N–H and O–H groups in total. The highest BCUT2D eigenvalue weighted by Gasteiger charge is 2.38. The number of hydrogen-bond acceptors (Lipinski definition) is 5. The number of fused-ring (bicyclic) bond motifs is 1. The van der Waals surface area contributed by atoms with Gasteiger partial charge in [-0.05, 0) is 49.1 Å². The fourth-order valence-corrected chi connectivity index (χ4v) is 4.23. The molecule has 21 heavy (non-hydrogen) atoms. The summed E-state index contributed by atoms with van der Waals surface area (Å²) in [5.74, 6) is 3.13. The van der Waals surface area contributed by atoms with E-state index in [4.69, 9.17) is 15.2 Å². The van der Waals surface area contributed by atoms with Gasteiger partial charge in [-0.15, -0.1) is 11.8 Å². The zero-order chi connectivity index (χ0) is 14.7. The van der Waals surface area contributed by atoms with Gasteiger partial charge in [0, 0.05) is 10.4 Å². The highest BCUT2D eigenvalue weighted by atomic mass is 32.2. The van der Waals surface area contributed by atoms with Crippen LogP contribution in [0, 0.1) is 5.92 Å². The molecule has 4 nitrogen and oxygen atoms in total. The predicted molar refractivity (Wildman–Crippen MR) is 84.1 cm³/mol. The summed E-state index contributed by atoms with van der Waals surface area (Å²) in [5.41, 5.74) is 5.92. The highest BCUT2D eigenvalue weighted by Crippen LogP contribution is 2.38. The van der Waals surface area contributed by atoms with E-state index in [2.05, 4.69) is 12.1 Å². The molecular weight excluding hydrogens is 286 g/mol. The Kier molecular flexibility index (Phi) is 4.62. The number of benzene rings is 1. The second-order valence-corrected chi connectivity index (χ2v) is 7.09. The Bertz CT molecular complexity index is 496. The third-order valence-corrected chi connectivity index (χ3v) is 5.58. The third-order valence-electron chi connectivity index (χ3n) is 4.55. The van der Waals surface area contributed by atoms with Gasteiger partial charge in [0.25, 0.3) is 0 Å². The average Bonchev–Trinajstić information content (AvgIpc) is 2.89. The lowest BCUT2D eigenvalue weighted by Gasteiger charge is -2.29. The quantitative estimate of drug-likeness (QED) is 0.818. The van der Waals surface area contributed by atoms with Crippen LogP contribution < -0.4 is 15.2 Å². The number of rotatable bonds is 5. The van der Waals surface area contributed by atoms with E-state index in [0.29, 0.717) is 19.1 Å². The summed E-state index contributed by atoms with van der Waals surface area (Å²) in [5, 5.41) is 9.48. The van der Waals surface area contributed by atoms with Crippen LogP contribution in [0.2, 0.25) is 0 Å². The molecule has 2 unspecified atom stereocenters. The van der Waals surface area contributed by atoms with Crippen LogP contribution in [0.3, 0.4) is 0 Å². The van der Waals surface area contributed by atoms with Gasteiger partial charge in [0.2, 0.25) is 0 Å². The Morgan fingerprint density at radius 2 is 2.10 bits per heavy atom. The second-order valence-electron chi connectivity index (χ2n) is 5.92. The summed E-state index contributed by atoms with van der Waals surface area (Å²) in [6.07, 6.45) is 4.27. The topological polar surface area (TPSA) is 64.7 Å². The Morgan fingerprint density at radius 1 is 1.29 bits per heavy atom. The Hall–Kier alpha value is -0.910. The summed E-state index contributed by atoms with van der Waals surface area (Å²) in [6, 6.07) is 6.11. The normalized spacial score (nSPS) is 27.8. The standard InChI is InChI=1S/C16H23NO3S/c17-16(11-18)6-1-2-12(16)5-9-21-13-3-4-14-15(10-13)20-8-7-19-14/h3-4,10,12,18H,1-2,5-9,11,17H2. The van der Waals surface area contributed by atoms with Gasteiger partial charge >= 0.3 is 0 Å². The molecule has 1 aliphatic carbocycles. The van der Waals surface area contributed by atoms with E-state index in [1.165, 1.54) is 4.90 Å². The molecule has 1 aromatic carbocycles. The van der Waals surface area contributed by atoms with Gasteiger partial charge in [-0.3, -0.25) is 0 Å². The molecule has 0 amide bonds. The van der Waals surface area contributed by atoms with Crippen LogP contribution in [0.5, 0.6) is 11.5 Å². The lowest BCUT2D eigenvalue weighted by atomic mass is 9.87. The fraction of sp³-hybridized carbons (Fsp3) is 0.625. The van der Waals surface area contributed by atoms with Crippen molar-refractivity contribution in [3.8, 4) is 11.5 Å². The summed E-state index contributed by atoms with van der Waals surface area (Å²) in [6.45, 7) is 1.35. The van der Waals surface area contributed by atoms with E-state index in [9.17, 15) is 5.11 Å². The predicted octanol–water partition coefficient (Wildman–Crippen LogP) is 2.43. The maximum Gasteiger partial charge on any atom is 0.162 e. The van der Waals surface area contributed by atoms with Gasteiger partial charge in [0.15, 0.2) is 11.5 Å². The molecule has 1 saturated carbocycles. The molecule has 1 aliphatic heterocycles. The Balaban J connectivity index is 1.54. The number of nitrogens with two attached hydrogens (primary N) is 1. The fourth-order valence-electron chi connectivity index (χ4n) is 3.24. The lowest BCUT2D eigenvalue weighted by Crippen LogP contribution is -2.47. The van der Waals surface area contributed by atoms with Crippen molar-refractivity contribution in [3.63, 3.8) is 0 Å². The van der Waals surface area contributed by atoms with E-state index in [-0.39, 0.29) is 12.1 Å². The summed E-state index contributed by atoms with van der Waals surface area (Å²) in [7, 11) is 0. The van der Waals surface area contributed by atoms with Crippen molar-refractivity contribution in [2.75, 3.05) is 25.6 Å². The van der Waals surface area contributed by atoms with Crippen molar-refractivity contribution < 1.29 is 14.6 Å². The second kappa shape index (κ2) is 6.46. The van der Waals surface area contributed by atoms with Crippen LogP contribution in [0.4, 0.5) is 0 Å². The SMILES string of the molecule is NC1(CO)CCCC1CCSc1ccc2c(c1)OCCO2. The van der Waals surface area contributed by atoms with E-state index in [0.717, 1.165) is 42.9 Å². The molecule has 2 aliphatic rings. The molecule has 5 heteroatoms. The van der Waals surface area contributed by atoms with E-state index in [1.807, 2.05) is 17.8 Å². The van der Waals surface area contributed by atoms with Gasteiger partial charge < -0.3 is 20.3 Å². The van der Waals surface area contributed by atoms with Crippen molar-refractivity contribution in [2.45, 2.75) is 36.1 Å². The van der Waals surface area contributed by atoms with Crippen LogP contribution in [-0.2, 0) is 0 Å². The lowest BCUT2D eigenvalue weighted by molar-refractivity contribution is 0.158. The molecule has 2 atom stereocenters. The van der Waals surface area contributed by atoms with Gasteiger partial charge in [-0.1, -0.05) is 6.42 Å². The molecule has 1 heterocycles. The molecule has 116 valence electrons. The van der Waals surface area contributed by atoms with Gasteiger partial charge in [0.05, 0.1) is 6.61 Å². The molecule has 1 fully saturated rings. The largest absolute Gasteiger partial charge is 0.486 e. The zero-order valence-corrected chi connectivity index (χ0v) is 13.0. The van der Waals surface area contributed by atoms with Crippen LogP contribution in [-0.4, -0.2) is 36.2 Å². The van der Waals surface area contributed by atoms with Crippen molar-refractivity contribution in [2.24, 2.45) is 11.7 Å². The third kappa shape index (κ3) is 3.30. The Labute approximate surface area is 130 Å². The summed E-state index contributed by atoms with van der Waals surface area (Å²) < 4.78 is 11.1. The molecule has 0 spiro atoms. The number of hydrogen-bond donors (Lipinski definition) is 2. The minimum absolute atomic E-state index is 0.104. The monoisotopic (exact) mass is 309 g/mol. The van der Waals surface area contributed by atoms with Crippen molar-refractivity contribution in [1.82, 2.24) is 0 Å². The zero-order valence-electron chi connectivity index (χ0n) is 12.2. The maximum atomic E-state index is 9.48. The van der Waals surface area contributed by atoms with Crippen molar-refractivity contribution in [1.29, 1.82) is 0 Å². The molecule has 0 radical (unpaired) electrons. The van der Waals surface area contributed by atoms with Crippen LogP contribution in [0.1, 0.15) is 25.7 Å². The number of ether oxygens (including phenoxy) is 2. The van der Waals surface area contributed by atoms with Crippen LogP contribution in [0.15, 0.2) is 23.1 Å². The van der Waals surface area contributed by atoms with Gasteiger partial charge in [0.1, 0.15) is 13.2 Å². The van der Waals surface area contributed by atoms with E-state index in [1.54, 1.807) is 0 Å². The summed E-state index contributed by atoms with van der Waals surface area (Å²) in [4.78, 5) is 1.20. The first-order chi connectivity index (χ1) is 10.2. The molecule has 0 saturated heterocycles. The van der Waals surface area contributed by atoms with E-state index >= 15 is 0 Å². The number of aliphatic hydroxyl groups excluding tert-OH is 1. The molecule has 3 rings (SSSR count). The van der Waals surface area contributed by atoms with Crippen molar-refractivity contribution in [3.05, 3.63) is 18.2 Å². The Morgan fingerprint density at radius 3 is 2.90 bits per heavy atom. The molecule has 0 bridgehead atoms. The average molecular weight is 309 g/mol.